The molecule has 9 heteroatoms. The second-order valence-electron chi connectivity index (χ2n) is 8.02. The maximum Gasteiger partial charge on any atom is 0.269 e. The largest absolute Gasteiger partial charge is 0.342 e. The second kappa shape index (κ2) is 10.9. The fourth-order valence-corrected chi connectivity index (χ4v) is 4.25. The number of aryl methyl sites for hydroxylation is 1. The Bertz CT molecular complexity index is 1140. The normalized spacial score (nSPS) is 11.9. The number of carbonyl (C=O) groups excluding carboxylic acids is 1. The molecule has 8 nitrogen and oxygen atoms in total. The van der Waals surface area contributed by atoms with Gasteiger partial charge in [0.1, 0.15) is 0 Å². The van der Waals surface area contributed by atoms with Crippen LogP contribution in [-0.4, -0.2) is 25.6 Å². The first-order valence-corrected chi connectivity index (χ1v) is 11.6. The van der Waals surface area contributed by atoms with Gasteiger partial charge >= 0.3 is 0 Å². The molecule has 1 amide bonds. The van der Waals surface area contributed by atoms with Gasteiger partial charge in [0.25, 0.3) is 11.6 Å². The minimum absolute atomic E-state index is 0.0602. The molecule has 1 heterocycles. The van der Waals surface area contributed by atoms with E-state index in [9.17, 15) is 14.9 Å². The van der Waals surface area contributed by atoms with E-state index >= 15 is 0 Å². The SMILES string of the molecule is C=CCn1c(SCc2ccc([N+](=O)[O-])cc2)nnc1[C@H](NC(=O)c1cccc(C)c1)C(C)C. The quantitative estimate of drug-likeness (QED) is 0.193. The van der Waals surface area contributed by atoms with Crippen molar-refractivity contribution in [2.75, 3.05) is 0 Å². The summed E-state index contributed by atoms with van der Waals surface area (Å²) in [5, 5.41) is 23.4. The molecule has 0 spiro atoms. The van der Waals surface area contributed by atoms with Crippen molar-refractivity contribution >= 4 is 23.4 Å². The van der Waals surface area contributed by atoms with Gasteiger partial charge in [0.05, 0.1) is 11.0 Å². The Hall–Kier alpha value is -3.46. The van der Waals surface area contributed by atoms with Gasteiger partial charge in [-0.25, -0.2) is 0 Å². The Morgan fingerprint density at radius 2 is 1.97 bits per heavy atom. The molecule has 3 aromatic rings. The molecule has 0 unspecified atom stereocenters. The van der Waals surface area contributed by atoms with E-state index in [1.54, 1.807) is 24.3 Å². The third-order valence-electron chi connectivity index (χ3n) is 5.08. The topological polar surface area (TPSA) is 103 Å². The molecule has 33 heavy (non-hydrogen) atoms. The van der Waals surface area contributed by atoms with Gasteiger partial charge in [0.2, 0.25) is 0 Å². The zero-order valence-corrected chi connectivity index (χ0v) is 19.7. The smallest absolute Gasteiger partial charge is 0.269 e. The van der Waals surface area contributed by atoms with Crippen LogP contribution in [0.25, 0.3) is 0 Å². The van der Waals surface area contributed by atoms with E-state index in [1.165, 1.54) is 23.9 Å². The first-order chi connectivity index (χ1) is 15.8. The van der Waals surface area contributed by atoms with Crippen molar-refractivity contribution in [2.45, 2.75) is 44.3 Å². The van der Waals surface area contributed by atoms with E-state index < -0.39 is 4.92 Å². The minimum atomic E-state index is -0.416. The highest BCUT2D eigenvalue weighted by atomic mass is 32.2. The highest BCUT2D eigenvalue weighted by Gasteiger charge is 2.26. The van der Waals surface area contributed by atoms with Crippen LogP contribution in [0.15, 0.2) is 66.3 Å². The third kappa shape index (κ3) is 6.07. The number of hydrogen-bond donors (Lipinski definition) is 1. The summed E-state index contributed by atoms with van der Waals surface area (Å²) in [6.07, 6.45) is 1.77. The molecule has 1 atom stereocenters. The molecule has 0 aliphatic carbocycles. The van der Waals surface area contributed by atoms with Gasteiger partial charge < -0.3 is 9.88 Å². The Morgan fingerprint density at radius 3 is 2.58 bits per heavy atom. The number of hydrogen-bond acceptors (Lipinski definition) is 6. The lowest BCUT2D eigenvalue weighted by atomic mass is 10.0. The number of aromatic nitrogens is 3. The maximum absolute atomic E-state index is 12.9. The number of nitrogens with zero attached hydrogens (tertiary/aromatic N) is 4. The molecule has 0 aliphatic rings. The number of allylic oxidation sites excluding steroid dienone is 1. The van der Waals surface area contributed by atoms with Crippen molar-refractivity contribution in [1.29, 1.82) is 0 Å². The molecular formula is C24H27N5O3S. The van der Waals surface area contributed by atoms with Crippen LogP contribution in [0.2, 0.25) is 0 Å². The molecule has 0 fully saturated rings. The fraction of sp³-hybridized carbons (Fsp3) is 0.292. The number of nitrogens with one attached hydrogen (secondary N) is 1. The summed E-state index contributed by atoms with van der Waals surface area (Å²) in [6, 6.07) is 13.6. The minimum Gasteiger partial charge on any atom is -0.342 e. The lowest BCUT2D eigenvalue weighted by Crippen LogP contribution is -2.33. The number of thioether (sulfide) groups is 1. The molecule has 0 saturated heterocycles. The van der Waals surface area contributed by atoms with Gasteiger partial charge in [-0.15, -0.1) is 16.8 Å². The molecular weight excluding hydrogens is 438 g/mol. The summed E-state index contributed by atoms with van der Waals surface area (Å²) in [4.78, 5) is 23.3. The number of non-ortho nitro benzene ring substituents is 1. The van der Waals surface area contributed by atoms with Crippen molar-refractivity contribution in [3.8, 4) is 0 Å². The number of carbonyl (C=O) groups is 1. The van der Waals surface area contributed by atoms with E-state index in [0.29, 0.717) is 28.8 Å². The Labute approximate surface area is 197 Å². The Balaban J connectivity index is 1.81. The first-order valence-electron chi connectivity index (χ1n) is 10.6. The van der Waals surface area contributed by atoms with Gasteiger partial charge in [-0.2, -0.15) is 0 Å². The molecule has 172 valence electrons. The van der Waals surface area contributed by atoms with E-state index in [1.807, 2.05) is 43.5 Å². The van der Waals surface area contributed by atoms with Crippen LogP contribution in [0.5, 0.6) is 0 Å². The molecule has 3 rings (SSSR count). The highest BCUT2D eigenvalue weighted by Crippen LogP contribution is 2.28. The van der Waals surface area contributed by atoms with Crippen LogP contribution in [0.4, 0.5) is 5.69 Å². The van der Waals surface area contributed by atoms with Crippen LogP contribution in [0.1, 0.15) is 47.2 Å². The van der Waals surface area contributed by atoms with Crippen molar-refractivity contribution in [1.82, 2.24) is 20.1 Å². The van der Waals surface area contributed by atoms with E-state index in [2.05, 4.69) is 22.1 Å². The number of nitro groups is 1. The molecule has 0 aliphatic heterocycles. The van der Waals surface area contributed by atoms with Crippen molar-refractivity contribution < 1.29 is 9.72 Å². The molecule has 1 aromatic heterocycles. The summed E-state index contributed by atoms with van der Waals surface area (Å²) in [5.74, 6) is 1.16. The lowest BCUT2D eigenvalue weighted by Gasteiger charge is -2.22. The van der Waals surface area contributed by atoms with Crippen LogP contribution < -0.4 is 5.32 Å². The zero-order valence-electron chi connectivity index (χ0n) is 18.9. The monoisotopic (exact) mass is 465 g/mol. The van der Waals surface area contributed by atoms with Crippen molar-refractivity contribution in [3.63, 3.8) is 0 Å². The van der Waals surface area contributed by atoms with E-state index in [-0.39, 0.29) is 23.6 Å². The number of nitro benzene ring substituents is 1. The average molecular weight is 466 g/mol. The fourth-order valence-electron chi connectivity index (χ4n) is 3.34. The van der Waals surface area contributed by atoms with Gasteiger partial charge in [-0.05, 0) is 30.5 Å². The predicted molar refractivity (Wildman–Crippen MR) is 129 cm³/mol. The summed E-state index contributed by atoms with van der Waals surface area (Å²) in [7, 11) is 0. The lowest BCUT2D eigenvalue weighted by molar-refractivity contribution is -0.384. The average Bonchev–Trinajstić information content (AvgIpc) is 3.18. The Morgan fingerprint density at radius 1 is 1.24 bits per heavy atom. The zero-order chi connectivity index (χ0) is 24.0. The number of benzene rings is 2. The van der Waals surface area contributed by atoms with Crippen LogP contribution in [-0.2, 0) is 12.3 Å². The predicted octanol–water partition coefficient (Wildman–Crippen LogP) is 5.10. The van der Waals surface area contributed by atoms with E-state index in [4.69, 9.17) is 0 Å². The van der Waals surface area contributed by atoms with Crippen LogP contribution >= 0.6 is 11.8 Å². The standard InChI is InChI=1S/C24H27N5O3S/c1-5-13-28-22(21(16(2)3)25-23(30)19-8-6-7-17(4)14-19)26-27-24(28)33-15-18-9-11-20(12-10-18)29(31)32/h5-12,14,16,21H,1,13,15H2,2-4H3,(H,25,30)/t21-/m1/s1. The summed E-state index contributed by atoms with van der Waals surface area (Å²) in [5.41, 5.74) is 2.62. The van der Waals surface area contributed by atoms with Crippen molar-refractivity contribution in [3.05, 3.63) is 93.8 Å². The summed E-state index contributed by atoms with van der Waals surface area (Å²) >= 11 is 1.48. The molecule has 2 aromatic carbocycles. The first kappa shape index (κ1) is 24.2. The summed E-state index contributed by atoms with van der Waals surface area (Å²) in [6.45, 7) is 10.3. The molecule has 1 N–H and O–H groups in total. The van der Waals surface area contributed by atoms with Gasteiger partial charge in [0, 0.05) is 30.0 Å². The van der Waals surface area contributed by atoms with Gasteiger partial charge in [-0.1, -0.05) is 61.5 Å². The highest BCUT2D eigenvalue weighted by molar-refractivity contribution is 7.98. The second-order valence-corrected chi connectivity index (χ2v) is 8.96. The number of amides is 1. The third-order valence-corrected chi connectivity index (χ3v) is 6.12. The van der Waals surface area contributed by atoms with Crippen LogP contribution in [0, 0.1) is 23.0 Å². The van der Waals surface area contributed by atoms with Crippen molar-refractivity contribution in [2.24, 2.45) is 5.92 Å². The van der Waals surface area contributed by atoms with Gasteiger partial charge in [-0.3, -0.25) is 14.9 Å². The molecule has 0 bridgehead atoms. The number of rotatable bonds is 10. The van der Waals surface area contributed by atoms with E-state index in [0.717, 1.165) is 11.1 Å². The summed E-state index contributed by atoms with van der Waals surface area (Å²) < 4.78 is 1.95. The molecule has 0 radical (unpaired) electrons. The van der Waals surface area contributed by atoms with Gasteiger partial charge in [0.15, 0.2) is 11.0 Å². The maximum atomic E-state index is 12.9. The Kier molecular flexibility index (Phi) is 8.00. The van der Waals surface area contributed by atoms with Crippen LogP contribution in [0.3, 0.4) is 0 Å². The molecule has 0 saturated carbocycles.